The number of halogens is 1. The molecule has 0 saturated heterocycles. The zero-order chi connectivity index (χ0) is 15.2. The van der Waals surface area contributed by atoms with Crippen molar-refractivity contribution >= 4 is 40.4 Å². The summed E-state index contributed by atoms with van der Waals surface area (Å²) in [7, 11) is 0. The Hall–Kier alpha value is -2.29. The van der Waals surface area contributed by atoms with E-state index in [0.29, 0.717) is 0 Å². The van der Waals surface area contributed by atoms with Crippen molar-refractivity contribution in [2.75, 3.05) is 0 Å². The fourth-order valence-electron chi connectivity index (χ4n) is 1.57. The molecule has 0 saturated carbocycles. The number of benzene rings is 2. The molecular formula is C14H10IN3O3. The molecule has 0 spiro atoms. The molecule has 106 valence electrons. The molecule has 1 amide bonds. The van der Waals surface area contributed by atoms with Gasteiger partial charge in [0.2, 0.25) is 0 Å². The van der Waals surface area contributed by atoms with Crippen LogP contribution < -0.4 is 5.43 Å². The standard InChI is InChI=1S/C14H10IN3O3/c15-13-7-2-1-4-11(13)9-16-17-14(19)10-5-3-6-12(8-10)18(20)21/h1-9H,(H,17,19)/b16-9-. The lowest BCUT2D eigenvalue weighted by Gasteiger charge is -2.00. The largest absolute Gasteiger partial charge is 0.271 e. The molecule has 0 fully saturated rings. The van der Waals surface area contributed by atoms with Crippen molar-refractivity contribution in [3.05, 3.63) is 73.3 Å². The van der Waals surface area contributed by atoms with Crippen LogP contribution in [0.2, 0.25) is 0 Å². The molecule has 0 unspecified atom stereocenters. The first-order valence-corrected chi connectivity index (χ1v) is 6.98. The Morgan fingerprint density at radius 1 is 1.24 bits per heavy atom. The van der Waals surface area contributed by atoms with E-state index in [1.807, 2.05) is 24.3 Å². The number of nitro benzene ring substituents is 1. The van der Waals surface area contributed by atoms with Crippen molar-refractivity contribution in [2.45, 2.75) is 0 Å². The second kappa shape index (κ2) is 6.93. The van der Waals surface area contributed by atoms with Crippen molar-refractivity contribution in [3.63, 3.8) is 0 Å². The fourth-order valence-corrected chi connectivity index (χ4v) is 2.09. The number of carbonyl (C=O) groups excluding carboxylic acids is 1. The molecule has 1 N–H and O–H groups in total. The highest BCUT2D eigenvalue weighted by Gasteiger charge is 2.10. The molecule has 2 aromatic carbocycles. The predicted molar refractivity (Wildman–Crippen MR) is 87.3 cm³/mol. The SMILES string of the molecule is O=C(N/N=C\c1ccccc1I)c1cccc([N+](=O)[O-])c1. The maximum atomic E-state index is 11.8. The van der Waals surface area contributed by atoms with Crippen LogP contribution in [0.5, 0.6) is 0 Å². The quantitative estimate of drug-likeness (QED) is 0.374. The maximum absolute atomic E-state index is 11.8. The average Bonchev–Trinajstić information content (AvgIpc) is 2.49. The summed E-state index contributed by atoms with van der Waals surface area (Å²) >= 11 is 2.16. The molecule has 0 bridgehead atoms. The molecule has 2 aromatic rings. The average molecular weight is 395 g/mol. The Bertz CT molecular complexity index is 716. The van der Waals surface area contributed by atoms with Gasteiger partial charge in [0.15, 0.2) is 0 Å². The summed E-state index contributed by atoms with van der Waals surface area (Å²) in [5.41, 5.74) is 3.27. The summed E-state index contributed by atoms with van der Waals surface area (Å²) in [6, 6.07) is 13.0. The smallest absolute Gasteiger partial charge is 0.267 e. The van der Waals surface area contributed by atoms with Crippen molar-refractivity contribution in [1.82, 2.24) is 5.43 Å². The van der Waals surface area contributed by atoms with Crippen molar-refractivity contribution < 1.29 is 9.72 Å². The van der Waals surface area contributed by atoms with Gasteiger partial charge in [-0.2, -0.15) is 5.10 Å². The minimum absolute atomic E-state index is 0.135. The molecule has 0 atom stereocenters. The van der Waals surface area contributed by atoms with Gasteiger partial charge in [-0.15, -0.1) is 0 Å². The molecule has 6 nitrogen and oxygen atoms in total. The van der Waals surface area contributed by atoms with E-state index in [2.05, 4.69) is 33.1 Å². The van der Waals surface area contributed by atoms with E-state index >= 15 is 0 Å². The van der Waals surface area contributed by atoms with Crippen LogP contribution in [-0.4, -0.2) is 17.0 Å². The van der Waals surface area contributed by atoms with E-state index in [0.717, 1.165) is 9.13 Å². The van der Waals surface area contributed by atoms with Crippen LogP contribution in [0.1, 0.15) is 15.9 Å². The first kappa shape index (κ1) is 15.1. The number of nitrogens with zero attached hydrogens (tertiary/aromatic N) is 2. The highest BCUT2D eigenvalue weighted by Crippen LogP contribution is 2.13. The van der Waals surface area contributed by atoms with Crippen LogP contribution in [0.3, 0.4) is 0 Å². The topological polar surface area (TPSA) is 84.6 Å². The molecule has 21 heavy (non-hydrogen) atoms. The van der Waals surface area contributed by atoms with Gasteiger partial charge in [-0.25, -0.2) is 5.43 Å². The van der Waals surface area contributed by atoms with E-state index in [-0.39, 0.29) is 11.3 Å². The Balaban J connectivity index is 2.07. The minimum atomic E-state index is -0.549. The number of non-ortho nitro benzene ring substituents is 1. The lowest BCUT2D eigenvalue weighted by Crippen LogP contribution is -2.17. The van der Waals surface area contributed by atoms with Crippen LogP contribution in [-0.2, 0) is 0 Å². The molecule has 0 heterocycles. The highest BCUT2D eigenvalue weighted by molar-refractivity contribution is 14.1. The second-order valence-corrected chi connectivity index (χ2v) is 5.19. The second-order valence-electron chi connectivity index (χ2n) is 4.03. The van der Waals surface area contributed by atoms with E-state index in [4.69, 9.17) is 0 Å². The number of nitro groups is 1. The van der Waals surface area contributed by atoms with E-state index in [1.54, 1.807) is 0 Å². The van der Waals surface area contributed by atoms with Crippen molar-refractivity contribution in [3.8, 4) is 0 Å². The summed E-state index contributed by atoms with van der Waals surface area (Å²) in [6.45, 7) is 0. The molecule has 0 aliphatic carbocycles. The first-order chi connectivity index (χ1) is 10.1. The van der Waals surface area contributed by atoms with Crippen LogP contribution in [0, 0.1) is 13.7 Å². The van der Waals surface area contributed by atoms with Gasteiger partial charge in [0.1, 0.15) is 0 Å². The summed E-state index contributed by atoms with van der Waals surface area (Å²) in [6.07, 6.45) is 1.52. The lowest BCUT2D eigenvalue weighted by molar-refractivity contribution is -0.384. The number of amides is 1. The van der Waals surface area contributed by atoms with Gasteiger partial charge in [0.05, 0.1) is 11.1 Å². The fraction of sp³-hybridized carbons (Fsp3) is 0. The Kier molecular flexibility index (Phi) is 4.99. The monoisotopic (exact) mass is 395 g/mol. The third kappa shape index (κ3) is 4.09. The van der Waals surface area contributed by atoms with Crippen LogP contribution in [0.25, 0.3) is 0 Å². The summed E-state index contributed by atoms with van der Waals surface area (Å²) in [5, 5.41) is 14.5. The molecule has 2 rings (SSSR count). The van der Waals surface area contributed by atoms with Gasteiger partial charge < -0.3 is 0 Å². The third-order valence-electron chi connectivity index (χ3n) is 2.59. The van der Waals surface area contributed by atoms with Crippen LogP contribution >= 0.6 is 22.6 Å². The van der Waals surface area contributed by atoms with Crippen LogP contribution in [0.15, 0.2) is 53.6 Å². The number of rotatable bonds is 4. The number of carbonyl (C=O) groups is 1. The summed E-state index contributed by atoms with van der Waals surface area (Å²) in [5.74, 6) is -0.499. The van der Waals surface area contributed by atoms with E-state index in [9.17, 15) is 14.9 Å². The molecule has 0 aliphatic rings. The zero-order valence-corrected chi connectivity index (χ0v) is 12.9. The lowest BCUT2D eigenvalue weighted by atomic mass is 10.2. The molecule has 7 heteroatoms. The first-order valence-electron chi connectivity index (χ1n) is 5.90. The van der Waals surface area contributed by atoms with Gasteiger partial charge >= 0.3 is 0 Å². The number of hydrogen-bond donors (Lipinski definition) is 1. The van der Waals surface area contributed by atoms with Crippen LogP contribution in [0.4, 0.5) is 5.69 Å². The summed E-state index contributed by atoms with van der Waals surface area (Å²) < 4.78 is 1.00. The molecular weight excluding hydrogens is 385 g/mol. The Morgan fingerprint density at radius 3 is 2.71 bits per heavy atom. The van der Waals surface area contributed by atoms with E-state index < -0.39 is 10.8 Å². The predicted octanol–water partition coefficient (Wildman–Crippen LogP) is 2.96. The zero-order valence-electron chi connectivity index (χ0n) is 10.7. The van der Waals surface area contributed by atoms with Gasteiger partial charge in [-0.05, 0) is 34.7 Å². The van der Waals surface area contributed by atoms with Gasteiger partial charge in [-0.3, -0.25) is 14.9 Å². The van der Waals surface area contributed by atoms with Gasteiger partial charge in [0.25, 0.3) is 11.6 Å². The van der Waals surface area contributed by atoms with E-state index in [1.165, 1.54) is 30.5 Å². The van der Waals surface area contributed by atoms with Crippen molar-refractivity contribution in [1.29, 1.82) is 0 Å². The summed E-state index contributed by atoms with van der Waals surface area (Å²) in [4.78, 5) is 22.0. The molecule has 0 aromatic heterocycles. The Morgan fingerprint density at radius 2 is 2.00 bits per heavy atom. The van der Waals surface area contributed by atoms with Gasteiger partial charge in [0, 0.05) is 26.8 Å². The minimum Gasteiger partial charge on any atom is -0.267 e. The normalized spacial score (nSPS) is 10.5. The number of nitrogens with one attached hydrogen (secondary N) is 1. The highest BCUT2D eigenvalue weighted by atomic mass is 127. The molecule has 0 aliphatic heterocycles. The Labute approximate surface area is 134 Å². The van der Waals surface area contributed by atoms with Crippen molar-refractivity contribution in [2.24, 2.45) is 5.10 Å². The molecule has 0 radical (unpaired) electrons. The maximum Gasteiger partial charge on any atom is 0.271 e. The van der Waals surface area contributed by atoms with Gasteiger partial charge in [-0.1, -0.05) is 24.3 Å². The number of hydrogen-bond acceptors (Lipinski definition) is 4. The number of hydrazone groups is 1. The third-order valence-corrected chi connectivity index (χ3v) is 3.58.